The zero-order chi connectivity index (χ0) is 13.2. The van der Waals surface area contributed by atoms with E-state index in [1.165, 1.54) is 18.4 Å². The van der Waals surface area contributed by atoms with Crippen molar-refractivity contribution in [3.8, 4) is 0 Å². The van der Waals surface area contributed by atoms with Gasteiger partial charge in [0.05, 0.1) is 0 Å². The Labute approximate surface area is 120 Å². The number of benzene rings is 1. The summed E-state index contributed by atoms with van der Waals surface area (Å²) in [6, 6.07) is 5.85. The van der Waals surface area contributed by atoms with Crippen molar-refractivity contribution in [1.82, 2.24) is 5.32 Å². The first-order chi connectivity index (χ1) is 8.55. The summed E-state index contributed by atoms with van der Waals surface area (Å²) in [6.07, 6.45) is 3.74. The smallest absolute Gasteiger partial charge is 0.0453 e. The van der Waals surface area contributed by atoms with Crippen LogP contribution in [0, 0.1) is 11.3 Å². The molecule has 1 nitrogen and oxygen atoms in total. The number of hydrogen-bond acceptors (Lipinski definition) is 1. The van der Waals surface area contributed by atoms with Gasteiger partial charge in [0.15, 0.2) is 0 Å². The lowest BCUT2D eigenvalue weighted by Crippen LogP contribution is -2.35. The zero-order valence-electron chi connectivity index (χ0n) is 11.1. The molecule has 1 unspecified atom stereocenters. The number of hydrogen-bond donors (Lipinski definition) is 1. The molecule has 1 aromatic carbocycles. The molecule has 100 valence electrons. The molecule has 0 saturated heterocycles. The van der Waals surface area contributed by atoms with E-state index in [9.17, 15) is 0 Å². The second kappa shape index (κ2) is 5.81. The largest absolute Gasteiger partial charge is 0.316 e. The molecule has 1 atom stereocenters. The fraction of sp³-hybridized carbons (Fsp3) is 0.600. The van der Waals surface area contributed by atoms with Crippen LogP contribution < -0.4 is 5.32 Å². The molecule has 1 aliphatic carbocycles. The summed E-state index contributed by atoms with van der Waals surface area (Å²) >= 11 is 12.2. The average Bonchev–Trinajstić information content (AvgIpc) is 3.15. The van der Waals surface area contributed by atoms with E-state index in [0.29, 0.717) is 10.4 Å². The maximum atomic E-state index is 6.29. The predicted octanol–water partition coefficient (Wildman–Crippen LogP) is 4.56. The Morgan fingerprint density at radius 3 is 2.61 bits per heavy atom. The highest BCUT2D eigenvalue weighted by atomic mass is 35.5. The van der Waals surface area contributed by atoms with Crippen LogP contribution in [0.5, 0.6) is 0 Å². The Morgan fingerprint density at radius 2 is 2.06 bits per heavy atom. The third-order valence-electron chi connectivity index (χ3n) is 3.95. The lowest BCUT2D eigenvalue weighted by molar-refractivity contribution is 0.258. The van der Waals surface area contributed by atoms with Gasteiger partial charge in [-0.3, -0.25) is 0 Å². The summed E-state index contributed by atoms with van der Waals surface area (Å²) in [5.74, 6) is 0.836. The highest BCUT2D eigenvalue weighted by Gasteiger charge is 2.41. The lowest BCUT2D eigenvalue weighted by Gasteiger charge is -2.30. The van der Waals surface area contributed by atoms with E-state index in [1.54, 1.807) is 0 Å². The minimum Gasteiger partial charge on any atom is -0.316 e. The van der Waals surface area contributed by atoms with Crippen molar-refractivity contribution in [2.24, 2.45) is 11.3 Å². The standard InChI is InChI=1S/C15H21Cl2N/c1-3-18-10-15(2,12-5-6-12)9-11-4-7-13(16)8-14(11)17/h4,7-8,12,18H,3,5-6,9-10H2,1-2H3. The minimum absolute atomic E-state index is 0.313. The molecule has 1 aromatic rings. The molecule has 0 aromatic heterocycles. The zero-order valence-corrected chi connectivity index (χ0v) is 12.6. The number of nitrogens with one attached hydrogen (secondary N) is 1. The van der Waals surface area contributed by atoms with E-state index in [0.717, 1.165) is 30.5 Å². The maximum Gasteiger partial charge on any atom is 0.0453 e. The molecule has 1 aliphatic rings. The van der Waals surface area contributed by atoms with Crippen LogP contribution in [0.15, 0.2) is 18.2 Å². The fourth-order valence-corrected chi connectivity index (χ4v) is 3.12. The summed E-state index contributed by atoms with van der Waals surface area (Å²) in [5, 5.41) is 5.00. The molecular weight excluding hydrogens is 265 g/mol. The summed E-state index contributed by atoms with van der Waals surface area (Å²) in [6.45, 7) is 6.62. The average molecular weight is 286 g/mol. The van der Waals surface area contributed by atoms with Crippen LogP contribution in [-0.2, 0) is 6.42 Å². The second-order valence-corrected chi connectivity index (χ2v) is 6.46. The van der Waals surface area contributed by atoms with Crippen molar-refractivity contribution in [2.75, 3.05) is 13.1 Å². The number of halogens is 2. The molecule has 2 rings (SSSR count). The van der Waals surface area contributed by atoms with E-state index in [4.69, 9.17) is 23.2 Å². The molecular formula is C15H21Cl2N. The molecule has 1 saturated carbocycles. The maximum absolute atomic E-state index is 6.29. The monoisotopic (exact) mass is 285 g/mol. The van der Waals surface area contributed by atoms with Gasteiger partial charge >= 0.3 is 0 Å². The van der Waals surface area contributed by atoms with Gasteiger partial charge < -0.3 is 5.32 Å². The number of rotatable bonds is 6. The van der Waals surface area contributed by atoms with Crippen molar-refractivity contribution in [1.29, 1.82) is 0 Å². The SMILES string of the molecule is CCNCC(C)(Cc1ccc(Cl)cc1Cl)C1CC1. The van der Waals surface area contributed by atoms with E-state index in [-0.39, 0.29) is 0 Å². The summed E-state index contributed by atoms with van der Waals surface area (Å²) in [5.41, 5.74) is 1.53. The Kier molecular flexibility index (Phi) is 4.58. The van der Waals surface area contributed by atoms with Crippen molar-refractivity contribution < 1.29 is 0 Å². The van der Waals surface area contributed by atoms with Gasteiger partial charge in [-0.05, 0) is 54.8 Å². The Balaban J connectivity index is 2.12. The van der Waals surface area contributed by atoms with Crippen molar-refractivity contribution in [3.05, 3.63) is 33.8 Å². The van der Waals surface area contributed by atoms with Crippen LogP contribution in [-0.4, -0.2) is 13.1 Å². The second-order valence-electron chi connectivity index (χ2n) is 5.62. The van der Waals surface area contributed by atoms with Crippen LogP contribution in [0.2, 0.25) is 10.0 Å². The van der Waals surface area contributed by atoms with Crippen molar-refractivity contribution in [2.45, 2.75) is 33.1 Å². The molecule has 0 radical (unpaired) electrons. The Morgan fingerprint density at radius 1 is 1.33 bits per heavy atom. The van der Waals surface area contributed by atoms with Crippen LogP contribution in [0.4, 0.5) is 0 Å². The summed E-state index contributed by atoms with van der Waals surface area (Å²) in [7, 11) is 0. The quantitative estimate of drug-likeness (QED) is 0.808. The fourth-order valence-electron chi connectivity index (χ4n) is 2.64. The summed E-state index contributed by atoms with van der Waals surface area (Å²) in [4.78, 5) is 0. The highest BCUT2D eigenvalue weighted by molar-refractivity contribution is 6.35. The van der Waals surface area contributed by atoms with E-state index >= 15 is 0 Å². The Hall–Kier alpha value is -0.240. The van der Waals surface area contributed by atoms with Gasteiger partial charge in [-0.15, -0.1) is 0 Å². The van der Waals surface area contributed by atoms with Gasteiger partial charge in [-0.25, -0.2) is 0 Å². The first kappa shape index (κ1) is 14.2. The van der Waals surface area contributed by atoms with Gasteiger partial charge in [-0.1, -0.05) is 43.1 Å². The Bertz CT molecular complexity index is 415. The molecule has 3 heteroatoms. The topological polar surface area (TPSA) is 12.0 Å². The molecule has 1 N–H and O–H groups in total. The summed E-state index contributed by atoms with van der Waals surface area (Å²) < 4.78 is 0. The predicted molar refractivity (Wildman–Crippen MR) is 79.5 cm³/mol. The van der Waals surface area contributed by atoms with Crippen LogP contribution in [0.3, 0.4) is 0 Å². The molecule has 0 bridgehead atoms. The van der Waals surface area contributed by atoms with E-state index < -0.39 is 0 Å². The minimum atomic E-state index is 0.313. The first-order valence-electron chi connectivity index (χ1n) is 6.70. The highest BCUT2D eigenvalue weighted by Crippen LogP contribution is 2.47. The molecule has 0 amide bonds. The molecule has 18 heavy (non-hydrogen) atoms. The van der Waals surface area contributed by atoms with E-state index in [2.05, 4.69) is 25.2 Å². The van der Waals surface area contributed by atoms with Crippen molar-refractivity contribution in [3.63, 3.8) is 0 Å². The third-order valence-corrected chi connectivity index (χ3v) is 4.54. The normalized spacial score (nSPS) is 18.7. The van der Waals surface area contributed by atoms with Gasteiger partial charge in [0.2, 0.25) is 0 Å². The molecule has 0 spiro atoms. The van der Waals surface area contributed by atoms with Crippen molar-refractivity contribution >= 4 is 23.2 Å². The molecule has 0 heterocycles. The molecule has 0 aliphatic heterocycles. The van der Waals surface area contributed by atoms with Crippen LogP contribution in [0.25, 0.3) is 0 Å². The van der Waals surface area contributed by atoms with Gasteiger partial charge in [-0.2, -0.15) is 0 Å². The van der Waals surface area contributed by atoms with Crippen LogP contribution in [0.1, 0.15) is 32.3 Å². The van der Waals surface area contributed by atoms with E-state index in [1.807, 2.05) is 12.1 Å². The van der Waals surface area contributed by atoms with Gasteiger partial charge in [0, 0.05) is 16.6 Å². The third kappa shape index (κ3) is 3.40. The van der Waals surface area contributed by atoms with Gasteiger partial charge in [0.1, 0.15) is 0 Å². The molecule has 1 fully saturated rings. The lowest BCUT2D eigenvalue weighted by atomic mass is 9.79. The first-order valence-corrected chi connectivity index (χ1v) is 7.45. The van der Waals surface area contributed by atoms with Crippen LogP contribution >= 0.6 is 23.2 Å². The van der Waals surface area contributed by atoms with Gasteiger partial charge in [0.25, 0.3) is 0 Å².